The smallest absolute Gasteiger partial charge is 0.106 e. The van der Waals surface area contributed by atoms with Crippen LogP contribution in [0.2, 0.25) is 0 Å². The molecule has 0 radical (unpaired) electrons. The fraction of sp³-hybridized carbons (Fsp3) is 0.769. The van der Waals surface area contributed by atoms with Crippen LogP contribution in [0.15, 0.2) is 0 Å². The Labute approximate surface area is 97.3 Å². The van der Waals surface area contributed by atoms with E-state index in [9.17, 15) is 0 Å². The van der Waals surface area contributed by atoms with Gasteiger partial charge in [-0.05, 0) is 25.7 Å². The molecule has 1 aliphatic carbocycles. The van der Waals surface area contributed by atoms with Crippen LogP contribution in [0.25, 0.3) is 0 Å². The largest absolute Gasteiger partial charge is 0.329 e. The second kappa shape index (κ2) is 3.88. The van der Waals surface area contributed by atoms with Crippen molar-refractivity contribution in [3.05, 3.63) is 17.2 Å². The highest BCUT2D eigenvalue weighted by molar-refractivity contribution is 5.21. The molecule has 1 aromatic rings. The first-order valence-electron chi connectivity index (χ1n) is 6.54. The molecular weight excluding hydrogens is 198 g/mol. The molecule has 16 heavy (non-hydrogen) atoms. The zero-order chi connectivity index (χ0) is 11.1. The van der Waals surface area contributed by atoms with E-state index >= 15 is 0 Å². The number of imidazole rings is 1. The summed E-state index contributed by atoms with van der Waals surface area (Å²) in [4.78, 5) is 4.73. The van der Waals surface area contributed by atoms with Crippen LogP contribution in [-0.2, 0) is 13.0 Å². The molecule has 0 saturated heterocycles. The highest BCUT2D eigenvalue weighted by atomic mass is 15.1. The molecule has 0 aromatic carbocycles. The fourth-order valence-corrected chi connectivity index (χ4v) is 3.42. The van der Waals surface area contributed by atoms with Crippen LogP contribution >= 0.6 is 0 Å². The van der Waals surface area contributed by atoms with E-state index in [2.05, 4.69) is 23.7 Å². The first kappa shape index (κ1) is 10.3. The zero-order valence-corrected chi connectivity index (χ0v) is 10.3. The molecule has 1 N–H and O–H groups in total. The third-order valence-corrected chi connectivity index (χ3v) is 4.25. The average Bonchev–Trinajstić information content (AvgIpc) is 2.81. The van der Waals surface area contributed by atoms with Gasteiger partial charge >= 0.3 is 0 Å². The Kier molecular flexibility index (Phi) is 2.51. The third-order valence-electron chi connectivity index (χ3n) is 4.25. The lowest BCUT2D eigenvalue weighted by Gasteiger charge is -2.23. The van der Waals surface area contributed by atoms with E-state index in [-0.39, 0.29) is 0 Å². The van der Waals surface area contributed by atoms with Crippen molar-refractivity contribution in [2.24, 2.45) is 5.92 Å². The van der Waals surface area contributed by atoms with Gasteiger partial charge in [-0.15, -0.1) is 0 Å². The van der Waals surface area contributed by atoms with Crippen molar-refractivity contribution in [3.63, 3.8) is 0 Å². The first-order chi connectivity index (χ1) is 7.77. The predicted molar refractivity (Wildman–Crippen MR) is 64.4 cm³/mol. The van der Waals surface area contributed by atoms with E-state index in [1.165, 1.54) is 36.5 Å². The summed E-state index contributed by atoms with van der Waals surface area (Å²) in [7, 11) is 0. The van der Waals surface area contributed by atoms with Crippen LogP contribution in [0.1, 0.15) is 49.4 Å². The van der Waals surface area contributed by atoms with E-state index in [4.69, 9.17) is 4.98 Å². The maximum Gasteiger partial charge on any atom is 0.106 e. The van der Waals surface area contributed by atoms with Crippen molar-refractivity contribution in [2.45, 2.75) is 52.1 Å². The van der Waals surface area contributed by atoms with Gasteiger partial charge in [-0.2, -0.15) is 0 Å². The van der Waals surface area contributed by atoms with E-state index in [1.807, 2.05) is 0 Å². The number of rotatable bonds is 1. The van der Waals surface area contributed by atoms with E-state index in [0.717, 1.165) is 25.4 Å². The molecule has 0 amide bonds. The van der Waals surface area contributed by atoms with Crippen molar-refractivity contribution in [1.82, 2.24) is 14.9 Å². The molecule has 2 unspecified atom stereocenters. The standard InChI is InChI=1S/C13H21N3/c1-9-4-3-5-12(9)16-10(2)15-11-8-14-7-6-13(11)16/h9,12,14H,3-8H2,1-2H3. The summed E-state index contributed by atoms with van der Waals surface area (Å²) in [5, 5.41) is 3.41. The molecule has 2 heterocycles. The summed E-state index contributed by atoms with van der Waals surface area (Å²) in [6.45, 7) is 6.64. The first-order valence-corrected chi connectivity index (χ1v) is 6.54. The fourth-order valence-electron chi connectivity index (χ4n) is 3.42. The van der Waals surface area contributed by atoms with Crippen LogP contribution in [0, 0.1) is 12.8 Å². The van der Waals surface area contributed by atoms with Gasteiger partial charge in [-0.3, -0.25) is 0 Å². The van der Waals surface area contributed by atoms with Crippen molar-refractivity contribution in [1.29, 1.82) is 0 Å². The lowest BCUT2D eigenvalue weighted by molar-refractivity contribution is 0.387. The third kappa shape index (κ3) is 1.49. The van der Waals surface area contributed by atoms with Gasteiger partial charge < -0.3 is 9.88 Å². The monoisotopic (exact) mass is 219 g/mol. The van der Waals surface area contributed by atoms with Crippen molar-refractivity contribution < 1.29 is 0 Å². The molecule has 1 aromatic heterocycles. The molecule has 3 rings (SSSR count). The second-order valence-corrected chi connectivity index (χ2v) is 5.32. The minimum absolute atomic E-state index is 0.717. The number of aryl methyl sites for hydroxylation is 1. The Hall–Kier alpha value is -0.830. The van der Waals surface area contributed by atoms with E-state index < -0.39 is 0 Å². The molecule has 3 nitrogen and oxygen atoms in total. The number of aromatic nitrogens is 2. The molecule has 1 aliphatic heterocycles. The molecule has 2 atom stereocenters. The van der Waals surface area contributed by atoms with Crippen molar-refractivity contribution >= 4 is 0 Å². The Bertz CT molecular complexity index is 394. The summed E-state index contributed by atoms with van der Waals surface area (Å²) in [5.74, 6) is 2.05. The highest BCUT2D eigenvalue weighted by Crippen LogP contribution is 2.37. The van der Waals surface area contributed by atoms with E-state index in [1.54, 1.807) is 0 Å². The molecule has 1 saturated carbocycles. The lowest BCUT2D eigenvalue weighted by Crippen LogP contribution is -2.26. The number of fused-ring (bicyclic) bond motifs is 1. The minimum atomic E-state index is 0.717. The summed E-state index contributed by atoms with van der Waals surface area (Å²) in [6, 6.07) is 0.717. The summed E-state index contributed by atoms with van der Waals surface area (Å²) < 4.78 is 2.55. The Morgan fingerprint density at radius 1 is 1.38 bits per heavy atom. The molecule has 88 valence electrons. The Morgan fingerprint density at radius 2 is 2.25 bits per heavy atom. The molecule has 0 bridgehead atoms. The molecular formula is C13H21N3. The van der Waals surface area contributed by atoms with Crippen LogP contribution < -0.4 is 5.32 Å². The lowest BCUT2D eigenvalue weighted by atomic mass is 10.0. The molecule has 2 aliphatic rings. The summed E-state index contributed by atoms with van der Waals surface area (Å²) in [6.07, 6.45) is 5.27. The Balaban J connectivity index is 2.02. The zero-order valence-electron chi connectivity index (χ0n) is 10.3. The maximum atomic E-state index is 4.73. The van der Waals surface area contributed by atoms with Gasteiger partial charge in [0.2, 0.25) is 0 Å². The van der Waals surface area contributed by atoms with Gasteiger partial charge in [0, 0.05) is 31.2 Å². The SMILES string of the molecule is Cc1nc2c(n1C1CCCC1C)CCNC2. The molecule has 1 fully saturated rings. The molecule has 3 heteroatoms. The maximum absolute atomic E-state index is 4.73. The van der Waals surface area contributed by atoms with Crippen LogP contribution in [0.5, 0.6) is 0 Å². The number of hydrogen-bond donors (Lipinski definition) is 1. The van der Waals surface area contributed by atoms with Gasteiger partial charge in [-0.25, -0.2) is 4.98 Å². The number of nitrogens with one attached hydrogen (secondary N) is 1. The minimum Gasteiger partial charge on any atom is -0.329 e. The summed E-state index contributed by atoms with van der Waals surface area (Å²) >= 11 is 0. The topological polar surface area (TPSA) is 29.9 Å². The van der Waals surface area contributed by atoms with Gasteiger partial charge in [0.05, 0.1) is 5.69 Å². The number of nitrogens with zero attached hydrogens (tertiary/aromatic N) is 2. The summed E-state index contributed by atoms with van der Waals surface area (Å²) in [5.41, 5.74) is 2.80. The second-order valence-electron chi connectivity index (χ2n) is 5.32. The van der Waals surface area contributed by atoms with Gasteiger partial charge in [0.1, 0.15) is 5.82 Å². The van der Waals surface area contributed by atoms with E-state index in [0.29, 0.717) is 6.04 Å². The normalized spacial score (nSPS) is 29.4. The van der Waals surface area contributed by atoms with Crippen LogP contribution in [0.4, 0.5) is 0 Å². The van der Waals surface area contributed by atoms with Gasteiger partial charge in [-0.1, -0.05) is 13.3 Å². The Morgan fingerprint density at radius 3 is 3.00 bits per heavy atom. The van der Waals surface area contributed by atoms with Gasteiger partial charge in [0.15, 0.2) is 0 Å². The average molecular weight is 219 g/mol. The van der Waals surface area contributed by atoms with Crippen molar-refractivity contribution in [2.75, 3.05) is 6.54 Å². The number of hydrogen-bond acceptors (Lipinski definition) is 2. The van der Waals surface area contributed by atoms with Crippen molar-refractivity contribution in [3.8, 4) is 0 Å². The quantitative estimate of drug-likeness (QED) is 0.784. The predicted octanol–water partition coefficient (Wildman–Crippen LogP) is 2.20. The highest BCUT2D eigenvalue weighted by Gasteiger charge is 2.29. The van der Waals surface area contributed by atoms with Crippen LogP contribution in [0.3, 0.4) is 0 Å². The van der Waals surface area contributed by atoms with Crippen LogP contribution in [-0.4, -0.2) is 16.1 Å². The molecule has 0 spiro atoms. The van der Waals surface area contributed by atoms with Gasteiger partial charge in [0.25, 0.3) is 0 Å².